The first-order valence-corrected chi connectivity index (χ1v) is 6.41. The number of H-pyrrole nitrogens is 1. The van der Waals surface area contributed by atoms with E-state index in [1.54, 1.807) is 0 Å². The molecule has 0 saturated heterocycles. The van der Waals surface area contributed by atoms with Crippen molar-refractivity contribution in [3.63, 3.8) is 0 Å². The van der Waals surface area contributed by atoms with Gasteiger partial charge in [0.1, 0.15) is 4.90 Å². The van der Waals surface area contributed by atoms with Crippen molar-refractivity contribution in [2.45, 2.75) is 29.7 Å². The van der Waals surface area contributed by atoms with Gasteiger partial charge in [0.05, 0.1) is 28.6 Å². The topological polar surface area (TPSA) is 78.0 Å². The largest absolute Gasteiger partial charge is 0.394 e. The zero-order chi connectivity index (χ0) is 10.5. The molecular weight excluding hydrogens is 214 g/mol. The van der Waals surface area contributed by atoms with Crippen LogP contribution in [0.5, 0.6) is 0 Å². The van der Waals surface area contributed by atoms with Gasteiger partial charge in [0.2, 0.25) is 0 Å². The van der Waals surface area contributed by atoms with Gasteiger partial charge in [-0.3, -0.25) is 9.31 Å². The van der Waals surface area contributed by atoms with E-state index in [0.717, 1.165) is 29.9 Å². The third-order valence-corrected chi connectivity index (χ3v) is 4.57. The SMILES string of the molecule is O=S1CCc2[nH]nc(NC3(CO)CC3)c21. The second-order valence-electron chi connectivity index (χ2n) is 4.24. The number of nitrogens with one attached hydrogen (secondary N) is 2. The average molecular weight is 227 g/mol. The highest BCUT2D eigenvalue weighted by Crippen LogP contribution is 2.40. The second-order valence-corrected chi connectivity index (χ2v) is 5.75. The molecule has 5 nitrogen and oxygen atoms in total. The Hall–Kier alpha value is -0.880. The van der Waals surface area contributed by atoms with Gasteiger partial charge in [0.25, 0.3) is 0 Å². The van der Waals surface area contributed by atoms with Crippen molar-refractivity contribution in [2.24, 2.45) is 0 Å². The predicted octanol–water partition coefficient (Wildman–Crippen LogP) is 0.0102. The van der Waals surface area contributed by atoms with Gasteiger partial charge in [-0.15, -0.1) is 0 Å². The molecule has 1 fully saturated rings. The maximum Gasteiger partial charge on any atom is 0.164 e. The number of fused-ring (bicyclic) bond motifs is 1. The van der Waals surface area contributed by atoms with Gasteiger partial charge in [0.15, 0.2) is 5.82 Å². The van der Waals surface area contributed by atoms with Gasteiger partial charge in [-0.25, -0.2) is 0 Å². The van der Waals surface area contributed by atoms with Crippen LogP contribution in [0.25, 0.3) is 0 Å². The Labute approximate surface area is 89.7 Å². The Morgan fingerprint density at radius 1 is 1.60 bits per heavy atom. The van der Waals surface area contributed by atoms with Crippen LogP contribution in [0.15, 0.2) is 4.90 Å². The number of aromatic amines is 1. The van der Waals surface area contributed by atoms with Gasteiger partial charge in [0, 0.05) is 12.2 Å². The molecule has 2 aliphatic rings. The van der Waals surface area contributed by atoms with Crippen LogP contribution in [0.3, 0.4) is 0 Å². The summed E-state index contributed by atoms with van der Waals surface area (Å²) in [7, 11) is -0.925. The third kappa shape index (κ3) is 1.39. The van der Waals surface area contributed by atoms with Crippen LogP contribution in [-0.2, 0) is 17.2 Å². The molecular formula is C9H13N3O2S. The van der Waals surface area contributed by atoms with Crippen molar-refractivity contribution in [3.05, 3.63) is 5.69 Å². The second kappa shape index (κ2) is 3.05. The highest BCUT2D eigenvalue weighted by molar-refractivity contribution is 7.85. The number of aliphatic hydroxyl groups is 1. The normalized spacial score (nSPS) is 26.3. The molecule has 0 radical (unpaired) electrons. The van der Waals surface area contributed by atoms with Crippen LogP contribution in [0.2, 0.25) is 0 Å². The lowest BCUT2D eigenvalue weighted by molar-refractivity contribution is 0.266. The molecule has 1 saturated carbocycles. The molecule has 1 aliphatic carbocycles. The van der Waals surface area contributed by atoms with Gasteiger partial charge in [-0.1, -0.05) is 0 Å². The standard InChI is InChI=1S/C9H13N3O2S/c13-5-9(2-3-9)10-8-7-6(11-12-8)1-4-15(7)14/h13H,1-5H2,(H2,10,11,12). The number of hydrogen-bond acceptors (Lipinski definition) is 4. The summed E-state index contributed by atoms with van der Waals surface area (Å²) in [5, 5.41) is 19.4. The van der Waals surface area contributed by atoms with E-state index in [1.807, 2.05) is 0 Å². The number of nitrogens with zero attached hydrogens (tertiary/aromatic N) is 1. The van der Waals surface area contributed by atoms with Crippen molar-refractivity contribution in [1.29, 1.82) is 0 Å². The molecule has 1 aromatic rings. The van der Waals surface area contributed by atoms with E-state index in [-0.39, 0.29) is 12.1 Å². The van der Waals surface area contributed by atoms with Gasteiger partial charge in [-0.2, -0.15) is 5.10 Å². The van der Waals surface area contributed by atoms with Crippen LogP contribution in [0, 0.1) is 0 Å². The van der Waals surface area contributed by atoms with E-state index < -0.39 is 10.8 Å². The molecule has 15 heavy (non-hydrogen) atoms. The molecule has 0 aromatic carbocycles. The maximum absolute atomic E-state index is 11.7. The number of anilines is 1. The molecule has 0 spiro atoms. The molecule has 3 rings (SSSR count). The molecule has 6 heteroatoms. The van der Waals surface area contributed by atoms with Crippen LogP contribution in [0.4, 0.5) is 5.82 Å². The highest BCUT2D eigenvalue weighted by Gasteiger charge is 2.43. The Morgan fingerprint density at radius 3 is 3.07 bits per heavy atom. The molecule has 1 aliphatic heterocycles. The minimum atomic E-state index is -0.925. The summed E-state index contributed by atoms with van der Waals surface area (Å²) in [6.45, 7) is 0.112. The number of hydrogen-bond donors (Lipinski definition) is 3. The smallest absolute Gasteiger partial charge is 0.164 e. The number of aliphatic hydroxyl groups excluding tert-OH is 1. The van der Waals surface area contributed by atoms with Crippen LogP contribution >= 0.6 is 0 Å². The summed E-state index contributed by atoms with van der Waals surface area (Å²) in [4.78, 5) is 0.815. The number of rotatable bonds is 3. The van der Waals surface area contributed by atoms with Crippen molar-refractivity contribution < 1.29 is 9.32 Å². The minimum Gasteiger partial charge on any atom is -0.394 e. The van der Waals surface area contributed by atoms with E-state index >= 15 is 0 Å². The summed E-state index contributed by atoms with van der Waals surface area (Å²) in [6.07, 6.45) is 2.72. The van der Waals surface area contributed by atoms with Crippen molar-refractivity contribution in [3.8, 4) is 0 Å². The van der Waals surface area contributed by atoms with Gasteiger partial charge >= 0.3 is 0 Å². The van der Waals surface area contributed by atoms with Crippen molar-refractivity contribution >= 4 is 16.6 Å². The highest BCUT2D eigenvalue weighted by atomic mass is 32.2. The minimum absolute atomic E-state index is 0.112. The summed E-state index contributed by atoms with van der Waals surface area (Å²) in [5.74, 6) is 1.36. The first-order chi connectivity index (χ1) is 7.24. The zero-order valence-corrected chi connectivity index (χ0v) is 9.06. The van der Waals surface area contributed by atoms with Gasteiger partial charge in [-0.05, 0) is 12.8 Å². The quantitative estimate of drug-likeness (QED) is 0.679. The lowest BCUT2D eigenvalue weighted by atomic mass is 10.3. The van der Waals surface area contributed by atoms with Gasteiger partial charge < -0.3 is 10.4 Å². The Balaban J connectivity index is 1.90. The monoisotopic (exact) mass is 227 g/mol. The van der Waals surface area contributed by atoms with E-state index in [1.165, 1.54) is 0 Å². The fraction of sp³-hybridized carbons (Fsp3) is 0.667. The molecule has 2 heterocycles. The Bertz CT molecular complexity index is 425. The number of aryl methyl sites for hydroxylation is 1. The molecule has 1 atom stereocenters. The molecule has 1 unspecified atom stereocenters. The van der Waals surface area contributed by atoms with Crippen LogP contribution in [0.1, 0.15) is 18.5 Å². The molecule has 3 N–H and O–H groups in total. The van der Waals surface area contributed by atoms with Crippen LogP contribution in [-0.4, -0.2) is 37.4 Å². The first-order valence-electron chi connectivity index (χ1n) is 5.09. The fourth-order valence-corrected chi connectivity index (χ4v) is 3.22. The molecule has 0 bridgehead atoms. The van der Waals surface area contributed by atoms with Crippen molar-refractivity contribution in [2.75, 3.05) is 17.7 Å². The Kier molecular flexibility index (Phi) is 1.90. The molecule has 82 valence electrons. The maximum atomic E-state index is 11.7. The number of aromatic nitrogens is 2. The first kappa shape index (κ1) is 9.35. The predicted molar refractivity (Wildman–Crippen MR) is 56.2 cm³/mol. The van der Waals surface area contributed by atoms with Crippen molar-refractivity contribution in [1.82, 2.24) is 10.2 Å². The lowest BCUT2D eigenvalue weighted by Gasteiger charge is -2.13. The van der Waals surface area contributed by atoms with E-state index in [4.69, 9.17) is 0 Å². The summed E-state index contributed by atoms with van der Waals surface area (Å²) >= 11 is 0. The van der Waals surface area contributed by atoms with Crippen LogP contribution < -0.4 is 5.32 Å². The molecule has 1 aromatic heterocycles. The third-order valence-electron chi connectivity index (χ3n) is 3.10. The zero-order valence-electron chi connectivity index (χ0n) is 8.25. The average Bonchev–Trinajstić information content (AvgIpc) is 2.75. The van der Waals surface area contributed by atoms with E-state index in [2.05, 4.69) is 15.5 Å². The Morgan fingerprint density at radius 2 is 2.40 bits per heavy atom. The summed E-state index contributed by atoms with van der Waals surface area (Å²) in [6, 6.07) is 0. The fourth-order valence-electron chi connectivity index (χ4n) is 1.89. The van der Waals surface area contributed by atoms with E-state index in [0.29, 0.717) is 11.6 Å². The van der Waals surface area contributed by atoms with E-state index in [9.17, 15) is 9.32 Å². The summed E-state index contributed by atoms with van der Waals surface area (Å²) < 4.78 is 11.7. The lowest BCUT2D eigenvalue weighted by Crippen LogP contribution is -2.26. The summed E-state index contributed by atoms with van der Waals surface area (Å²) in [5.41, 5.74) is 0.778. The molecule has 0 amide bonds.